The highest BCUT2D eigenvalue weighted by Gasteiger charge is 2.15. The van der Waals surface area contributed by atoms with Crippen molar-refractivity contribution in [3.05, 3.63) is 12.2 Å². The Morgan fingerprint density at radius 3 is 1.81 bits per heavy atom. The molecule has 3 nitrogen and oxygen atoms in total. The third kappa shape index (κ3) is 19.7. The number of allylic oxidation sites excluding steroid dienone is 2. The molecule has 0 heterocycles. The summed E-state index contributed by atoms with van der Waals surface area (Å²) in [6.45, 7) is 5.97. The lowest BCUT2D eigenvalue weighted by Crippen LogP contribution is -2.42. The van der Waals surface area contributed by atoms with Crippen molar-refractivity contribution in [2.24, 2.45) is 0 Å². The molecule has 0 bridgehead atoms. The van der Waals surface area contributed by atoms with Gasteiger partial charge in [0.05, 0.1) is 20.6 Å². The average molecular weight is 383 g/mol. The Balaban J connectivity index is 3.35. The molecule has 160 valence electrons. The Hall–Kier alpha value is -0.830. The lowest BCUT2D eigenvalue weighted by atomic mass is 10.1. The highest BCUT2D eigenvalue weighted by Crippen LogP contribution is 2.10. The number of hydrogen-bond acceptors (Lipinski definition) is 2. The maximum atomic E-state index is 11.8. The van der Waals surface area contributed by atoms with E-state index in [9.17, 15) is 4.79 Å². The molecule has 3 heteroatoms. The van der Waals surface area contributed by atoms with Crippen molar-refractivity contribution in [2.75, 3.05) is 27.4 Å². The molecule has 27 heavy (non-hydrogen) atoms. The number of quaternary nitrogens is 1. The largest absolute Gasteiger partial charge is 0.415 e. The lowest BCUT2D eigenvalue weighted by molar-refractivity contribution is -0.907. The van der Waals surface area contributed by atoms with E-state index in [1.54, 1.807) is 0 Å². The molecule has 0 saturated heterocycles. The molecule has 0 aromatic heterocycles. The van der Waals surface area contributed by atoms with Gasteiger partial charge in [-0.05, 0) is 38.5 Å². The van der Waals surface area contributed by atoms with Crippen LogP contribution in [0.2, 0.25) is 0 Å². The standard InChI is InChI=1S/C24H48NO2/c1-5-7-8-9-10-11-12-13-14-15-16-17-18-19-20-21-24(26)27-23-25(3,4)22-6-2/h13-14H,5-12,15-23H2,1-4H3/q+1/b14-13-. The van der Waals surface area contributed by atoms with Crippen molar-refractivity contribution in [1.82, 2.24) is 0 Å². The fraction of sp³-hybridized carbons (Fsp3) is 0.875. The van der Waals surface area contributed by atoms with E-state index in [1.165, 1.54) is 70.6 Å². The number of carbonyl (C=O) groups is 1. The summed E-state index contributed by atoms with van der Waals surface area (Å²) < 4.78 is 6.16. The van der Waals surface area contributed by atoms with Crippen LogP contribution in [0.1, 0.15) is 110 Å². The predicted molar refractivity (Wildman–Crippen MR) is 118 cm³/mol. The third-order valence-corrected chi connectivity index (χ3v) is 5.05. The zero-order valence-electron chi connectivity index (χ0n) is 18.9. The molecular formula is C24H48NO2+. The van der Waals surface area contributed by atoms with Crippen LogP contribution in [0, 0.1) is 0 Å². The van der Waals surface area contributed by atoms with Gasteiger partial charge in [0.2, 0.25) is 6.73 Å². The van der Waals surface area contributed by atoms with Crippen molar-refractivity contribution >= 4 is 5.97 Å². The molecule has 0 radical (unpaired) electrons. The van der Waals surface area contributed by atoms with E-state index in [2.05, 4.69) is 40.1 Å². The van der Waals surface area contributed by atoms with Crippen molar-refractivity contribution in [2.45, 2.75) is 110 Å². The fourth-order valence-electron chi connectivity index (χ4n) is 3.33. The van der Waals surface area contributed by atoms with Gasteiger partial charge in [-0.1, -0.05) is 77.4 Å². The van der Waals surface area contributed by atoms with Gasteiger partial charge in [-0.25, -0.2) is 0 Å². The first-order chi connectivity index (χ1) is 13.0. The molecule has 0 saturated carbocycles. The maximum absolute atomic E-state index is 11.8. The second-order valence-electron chi connectivity index (χ2n) is 8.64. The van der Waals surface area contributed by atoms with Crippen LogP contribution in [0.3, 0.4) is 0 Å². The second-order valence-corrected chi connectivity index (χ2v) is 8.64. The van der Waals surface area contributed by atoms with Gasteiger partial charge >= 0.3 is 5.97 Å². The molecule has 0 aliphatic heterocycles. The number of rotatable bonds is 19. The summed E-state index contributed by atoms with van der Waals surface area (Å²) >= 11 is 0. The minimum absolute atomic E-state index is 0.0325. The lowest BCUT2D eigenvalue weighted by Gasteiger charge is -2.28. The van der Waals surface area contributed by atoms with Crippen LogP contribution >= 0.6 is 0 Å². The summed E-state index contributed by atoms with van der Waals surface area (Å²) in [7, 11) is 4.22. The third-order valence-electron chi connectivity index (χ3n) is 5.05. The molecule has 0 aliphatic rings. The van der Waals surface area contributed by atoms with E-state index in [4.69, 9.17) is 4.74 Å². The van der Waals surface area contributed by atoms with Crippen LogP contribution in [0.5, 0.6) is 0 Å². The second kappa shape index (κ2) is 18.5. The highest BCUT2D eigenvalue weighted by atomic mass is 16.5. The first kappa shape index (κ1) is 26.2. The fourth-order valence-corrected chi connectivity index (χ4v) is 3.33. The predicted octanol–water partition coefficient (Wildman–Crippen LogP) is 7.01. The SMILES string of the molecule is CCCCCCCC/C=C\CCCCCCCC(=O)OC[N+](C)(C)CCC. The monoisotopic (exact) mass is 382 g/mol. The van der Waals surface area contributed by atoms with Gasteiger partial charge in [-0.2, -0.15) is 0 Å². The highest BCUT2D eigenvalue weighted by molar-refractivity contribution is 5.69. The van der Waals surface area contributed by atoms with Crippen LogP contribution in [0.15, 0.2) is 12.2 Å². The summed E-state index contributed by atoms with van der Waals surface area (Å²) in [4.78, 5) is 11.8. The summed E-state index contributed by atoms with van der Waals surface area (Å²) in [6, 6.07) is 0. The molecule has 0 unspecified atom stereocenters. The molecule has 0 fully saturated rings. The van der Waals surface area contributed by atoms with Crippen LogP contribution < -0.4 is 0 Å². The summed E-state index contributed by atoms with van der Waals surface area (Å²) in [5.41, 5.74) is 0. The van der Waals surface area contributed by atoms with Crippen LogP contribution in [-0.2, 0) is 9.53 Å². The number of nitrogens with zero attached hydrogens (tertiary/aromatic N) is 1. The minimum atomic E-state index is -0.0325. The maximum Gasteiger partial charge on any atom is 0.310 e. The minimum Gasteiger partial charge on any atom is -0.415 e. The van der Waals surface area contributed by atoms with Crippen molar-refractivity contribution in [3.63, 3.8) is 0 Å². The van der Waals surface area contributed by atoms with Gasteiger partial charge in [0.25, 0.3) is 0 Å². The van der Waals surface area contributed by atoms with Crippen LogP contribution in [0.25, 0.3) is 0 Å². The van der Waals surface area contributed by atoms with E-state index >= 15 is 0 Å². The molecule has 0 aromatic carbocycles. The number of ether oxygens (including phenoxy) is 1. The molecule has 0 aromatic rings. The van der Waals surface area contributed by atoms with Gasteiger partial charge in [0, 0.05) is 6.42 Å². The Morgan fingerprint density at radius 2 is 1.26 bits per heavy atom. The van der Waals surface area contributed by atoms with Crippen LogP contribution in [-0.4, -0.2) is 37.8 Å². The van der Waals surface area contributed by atoms with Crippen molar-refractivity contribution in [1.29, 1.82) is 0 Å². The van der Waals surface area contributed by atoms with Gasteiger partial charge in [-0.3, -0.25) is 9.28 Å². The molecule has 0 N–H and O–H groups in total. The number of carbonyl (C=O) groups excluding carboxylic acids is 1. The Bertz CT molecular complexity index is 363. The Kier molecular flexibility index (Phi) is 18.0. The van der Waals surface area contributed by atoms with Gasteiger partial charge in [0.15, 0.2) is 0 Å². The summed E-state index contributed by atoms with van der Waals surface area (Å²) in [5, 5.41) is 0. The van der Waals surface area contributed by atoms with Crippen LogP contribution in [0.4, 0.5) is 0 Å². The Labute approximate surface area is 170 Å². The first-order valence-corrected chi connectivity index (χ1v) is 11.6. The van der Waals surface area contributed by atoms with E-state index in [1.807, 2.05) is 0 Å². The summed E-state index contributed by atoms with van der Waals surface area (Å²) in [6.07, 6.45) is 23.1. The smallest absolute Gasteiger partial charge is 0.310 e. The van der Waals surface area contributed by atoms with E-state index in [-0.39, 0.29) is 5.97 Å². The molecular weight excluding hydrogens is 334 g/mol. The number of unbranched alkanes of at least 4 members (excludes halogenated alkanes) is 11. The quantitative estimate of drug-likeness (QED) is 0.0789. The summed E-state index contributed by atoms with van der Waals surface area (Å²) in [5.74, 6) is -0.0325. The molecule has 0 rings (SSSR count). The first-order valence-electron chi connectivity index (χ1n) is 11.6. The average Bonchev–Trinajstić information content (AvgIpc) is 2.63. The van der Waals surface area contributed by atoms with E-state index in [0.717, 1.165) is 30.3 Å². The Morgan fingerprint density at radius 1 is 0.741 bits per heavy atom. The van der Waals surface area contributed by atoms with Gasteiger partial charge < -0.3 is 4.74 Å². The molecule has 0 atom stereocenters. The zero-order chi connectivity index (χ0) is 20.2. The van der Waals surface area contributed by atoms with Gasteiger partial charge in [-0.15, -0.1) is 0 Å². The molecule has 0 spiro atoms. The normalized spacial score (nSPS) is 12.0. The topological polar surface area (TPSA) is 26.3 Å². The van der Waals surface area contributed by atoms with E-state index in [0.29, 0.717) is 13.2 Å². The molecule has 0 aliphatic carbocycles. The van der Waals surface area contributed by atoms with E-state index < -0.39 is 0 Å². The zero-order valence-corrected chi connectivity index (χ0v) is 18.9. The van der Waals surface area contributed by atoms with Gasteiger partial charge in [0.1, 0.15) is 0 Å². The molecule has 0 amide bonds. The number of hydrogen-bond donors (Lipinski definition) is 0. The van der Waals surface area contributed by atoms with Crippen molar-refractivity contribution < 1.29 is 14.0 Å². The number of esters is 1. The van der Waals surface area contributed by atoms with Crippen molar-refractivity contribution in [3.8, 4) is 0 Å².